The summed E-state index contributed by atoms with van der Waals surface area (Å²) in [6.07, 6.45) is 3.24. The van der Waals surface area contributed by atoms with Crippen molar-refractivity contribution in [3.63, 3.8) is 0 Å². The zero-order chi connectivity index (χ0) is 13.9. The summed E-state index contributed by atoms with van der Waals surface area (Å²) in [6.45, 7) is 1.76. The van der Waals surface area contributed by atoms with Gasteiger partial charge < -0.3 is 0 Å². The van der Waals surface area contributed by atoms with E-state index in [0.29, 0.717) is 5.56 Å². The first-order chi connectivity index (χ1) is 9.04. The fourth-order valence-electron chi connectivity index (χ4n) is 1.74. The maximum Gasteiger partial charge on any atom is 0.241 e. The molecule has 1 unspecified atom stereocenters. The summed E-state index contributed by atoms with van der Waals surface area (Å²) in [7, 11) is -3.60. The number of nitrogens with zero attached hydrogens (tertiary/aromatic N) is 1. The molecular formula is C12H14ClN3O2S. The lowest BCUT2D eigenvalue weighted by Gasteiger charge is -2.14. The fraction of sp³-hybridized carbons (Fsp3) is 0.250. The quantitative estimate of drug-likeness (QED) is 0.831. The second kappa shape index (κ2) is 5.73. The smallest absolute Gasteiger partial charge is 0.241 e. The van der Waals surface area contributed by atoms with Crippen LogP contribution >= 0.6 is 11.6 Å². The van der Waals surface area contributed by atoms with Gasteiger partial charge in [0.15, 0.2) is 0 Å². The third-order valence-electron chi connectivity index (χ3n) is 2.76. The van der Waals surface area contributed by atoms with Crippen molar-refractivity contribution in [2.75, 3.05) is 0 Å². The van der Waals surface area contributed by atoms with Crippen LogP contribution in [-0.2, 0) is 15.9 Å². The maximum atomic E-state index is 12.3. The van der Waals surface area contributed by atoms with Crippen LogP contribution in [0.1, 0.15) is 24.1 Å². The Morgan fingerprint density at radius 1 is 1.42 bits per heavy atom. The molecule has 2 rings (SSSR count). The molecule has 2 aromatic rings. The zero-order valence-corrected chi connectivity index (χ0v) is 11.9. The normalized spacial score (nSPS) is 13.4. The first kappa shape index (κ1) is 14.0. The van der Waals surface area contributed by atoms with Gasteiger partial charge in [0.1, 0.15) is 0 Å². The zero-order valence-electron chi connectivity index (χ0n) is 10.3. The van der Waals surface area contributed by atoms with Gasteiger partial charge in [-0.15, -0.1) is 11.6 Å². The van der Waals surface area contributed by atoms with Crippen LogP contribution < -0.4 is 4.72 Å². The predicted octanol–water partition coefficient (Wildman–Crippen LogP) is 2.19. The van der Waals surface area contributed by atoms with Gasteiger partial charge in [-0.1, -0.05) is 18.2 Å². The van der Waals surface area contributed by atoms with Crippen LogP contribution in [0.3, 0.4) is 0 Å². The van der Waals surface area contributed by atoms with Gasteiger partial charge in [0.25, 0.3) is 0 Å². The molecule has 0 bridgehead atoms. The van der Waals surface area contributed by atoms with Crippen molar-refractivity contribution in [2.45, 2.75) is 23.7 Å². The van der Waals surface area contributed by atoms with Crippen molar-refractivity contribution in [1.82, 2.24) is 14.9 Å². The molecule has 0 saturated carbocycles. The van der Waals surface area contributed by atoms with E-state index >= 15 is 0 Å². The molecule has 19 heavy (non-hydrogen) atoms. The van der Waals surface area contributed by atoms with Gasteiger partial charge in [0, 0.05) is 23.7 Å². The van der Waals surface area contributed by atoms with Crippen LogP contribution in [0.2, 0.25) is 0 Å². The van der Waals surface area contributed by atoms with E-state index in [2.05, 4.69) is 14.9 Å². The SMILES string of the molecule is CC(NS(=O)(=O)c1ccccc1CCl)c1cn[nH]c1. The van der Waals surface area contributed by atoms with Crippen molar-refractivity contribution >= 4 is 21.6 Å². The number of hydrogen-bond donors (Lipinski definition) is 2. The first-order valence-electron chi connectivity index (χ1n) is 5.69. The molecule has 7 heteroatoms. The molecule has 1 aromatic heterocycles. The van der Waals surface area contributed by atoms with E-state index in [9.17, 15) is 8.42 Å². The molecule has 0 aliphatic heterocycles. The monoisotopic (exact) mass is 299 g/mol. The lowest BCUT2D eigenvalue weighted by molar-refractivity contribution is 0.566. The van der Waals surface area contributed by atoms with E-state index in [1.165, 1.54) is 0 Å². The van der Waals surface area contributed by atoms with Gasteiger partial charge in [0.05, 0.1) is 11.1 Å². The molecule has 102 valence electrons. The summed E-state index contributed by atoms with van der Waals surface area (Å²) >= 11 is 5.77. The van der Waals surface area contributed by atoms with E-state index in [1.807, 2.05) is 0 Å². The topological polar surface area (TPSA) is 74.8 Å². The second-order valence-corrected chi connectivity index (χ2v) is 6.07. The van der Waals surface area contributed by atoms with Crippen molar-refractivity contribution < 1.29 is 8.42 Å². The summed E-state index contributed by atoms with van der Waals surface area (Å²) in [5, 5.41) is 6.45. The molecule has 0 spiro atoms. The Kier molecular flexibility index (Phi) is 4.24. The molecule has 0 saturated heterocycles. The number of aromatic nitrogens is 2. The van der Waals surface area contributed by atoms with Crippen molar-refractivity contribution in [2.24, 2.45) is 0 Å². The predicted molar refractivity (Wildman–Crippen MR) is 73.3 cm³/mol. The van der Waals surface area contributed by atoms with Gasteiger partial charge in [-0.25, -0.2) is 13.1 Å². The molecule has 1 atom stereocenters. The molecule has 5 nitrogen and oxygen atoms in total. The second-order valence-electron chi connectivity index (χ2n) is 4.12. The number of halogens is 1. The third-order valence-corrected chi connectivity index (χ3v) is 4.69. The number of H-pyrrole nitrogens is 1. The minimum Gasteiger partial charge on any atom is -0.285 e. The summed E-state index contributed by atoms with van der Waals surface area (Å²) < 4.78 is 27.2. The standard InChI is InChI=1S/C12H14ClN3O2S/c1-9(11-7-14-15-8-11)16-19(17,18)12-5-3-2-4-10(12)6-13/h2-5,7-9,16H,6H2,1H3,(H,14,15). The molecule has 0 radical (unpaired) electrons. The average molecular weight is 300 g/mol. The minimum absolute atomic E-state index is 0.150. The Hall–Kier alpha value is -1.37. The Balaban J connectivity index is 2.28. The maximum absolute atomic E-state index is 12.3. The van der Waals surface area contributed by atoms with Crippen LogP contribution in [0, 0.1) is 0 Å². The molecule has 0 aliphatic carbocycles. The summed E-state index contributed by atoms with van der Waals surface area (Å²) in [6, 6.07) is 6.31. The number of benzene rings is 1. The van der Waals surface area contributed by atoms with E-state index < -0.39 is 10.0 Å². The van der Waals surface area contributed by atoms with Gasteiger partial charge in [-0.3, -0.25) is 5.10 Å². The van der Waals surface area contributed by atoms with E-state index in [-0.39, 0.29) is 16.8 Å². The lowest BCUT2D eigenvalue weighted by Crippen LogP contribution is -2.27. The lowest BCUT2D eigenvalue weighted by atomic mass is 10.2. The van der Waals surface area contributed by atoms with E-state index in [1.54, 1.807) is 43.6 Å². The molecule has 1 heterocycles. The van der Waals surface area contributed by atoms with Crippen molar-refractivity contribution in [3.8, 4) is 0 Å². The number of nitrogens with one attached hydrogen (secondary N) is 2. The van der Waals surface area contributed by atoms with Gasteiger partial charge >= 0.3 is 0 Å². The van der Waals surface area contributed by atoms with Gasteiger partial charge in [0.2, 0.25) is 10.0 Å². The summed E-state index contributed by atoms with van der Waals surface area (Å²) in [4.78, 5) is 0.209. The largest absolute Gasteiger partial charge is 0.285 e. The number of aromatic amines is 1. The molecule has 0 aliphatic rings. The Morgan fingerprint density at radius 2 is 2.16 bits per heavy atom. The minimum atomic E-state index is -3.60. The Bertz CT molecular complexity index is 641. The highest BCUT2D eigenvalue weighted by molar-refractivity contribution is 7.89. The molecule has 2 N–H and O–H groups in total. The van der Waals surface area contributed by atoms with E-state index in [4.69, 9.17) is 11.6 Å². The average Bonchev–Trinajstić information content (AvgIpc) is 2.92. The number of sulfonamides is 1. The van der Waals surface area contributed by atoms with E-state index in [0.717, 1.165) is 5.56 Å². The molecule has 0 fully saturated rings. The third kappa shape index (κ3) is 3.15. The Labute approximate surface area is 117 Å². The van der Waals surface area contributed by atoms with Crippen LogP contribution in [0.15, 0.2) is 41.6 Å². The highest BCUT2D eigenvalue weighted by atomic mass is 35.5. The van der Waals surface area contributed by atoms with Crippen LogP contribution in [0.5, 0.6) is 0 Å². The van der Waals surface area contributed by atoms with Crippen LogP contribution in [0.25, 0.3) is 0 Å². The highest BCUT2D eigenvalue weighted by Crippen LogP contribution is 2.20. The molecular weight excluding hydrogens is 286 g/mol. The molecule has 1 aromatic carbocycles. The molecule has 0 amide bonds. The van der Waals surface area contributed by atoms with Gasteiger partial charge in [-0.2, -0.15) is 5.10 Å². The van der Waals surface area contributed by atoms with Crippen molar-refractivity contribution in [3.05, 3.63) is 47.8 Å². The summed E-state index contributed by atoms with van der Waals surface area (Å²) in [5.41, 5.74) is 1.35. The number of hydrogen-bond acceptors (Lipinski definition) is 3. The highest BCUT2D eigenvalue weighted by Gasteiger charge is 2.21. The first-order valence-corrected chi connectivity index (χ1v) is 7.71. The summed E-state index contributed by atoms with van der Waals surface area (Å²) in [5.74, 6) is 0.150. The number of alkyl halides is 1. The van der Waals surface area contributed by atoms with Crippen LogP contribution in [0.4, 0.5) is 0 Å². The van der Waals surface area contributed by atoms with Crippen LogP contribution in [-0.4, -0.2) is 18.6 Å². The van der Waals surface area contributed by atoms with Gasteiger partial charge in [-0.05, 0) is 18.6 Å². The Morgan fingerprint density at radius 3 is 2.79 bits per heavy atom. The number of rotatable bonds is 5. The van der Waals surface area contributed by atoms with Crippen molar-refractivity contribution in [1.29, 1.82) is 0 Å². The fourth-order valence-corrected chi connectivity index (χ4v) is 3.52.